The molecule has 0 saturated heterocycles. The van der Waals surface area contributed by atoms with Gasteiger partial charge in [0, 0.05) is 24.5 Å². The number of halogens is 1. The minimum atomic E-state index is -0.0119. The Morgan fingerprint density at radius 1 is 1.40 bits per heavy atom. The van der Waals surface area contributed by atoms with Crippen LogP contribution in [0.2, 0.25) is 0 Å². The third kappa shape index (κ3) is 3.30. The number of rotatable bonds is 3. The molecule has 0 spiro atoms. The minimum absolute atomic E-state index is 0.0119. The highest BCUT2D eigenvalue weighted by Crippen LogP contribution is 2.20. The van der Waals surface area contributed by atoms with E-state index in [1.165, 1.54) is 0 Å². The fraction of sp³-hybridized carbons (Fsp3) is 0.455. The summed E-state index contributed by atoms with van der Waals surface area (Å²) in [7, 11) is 0. The third-order valence-electron chi connectivity index (χ3n) is 1.97. The quantitative estimate of drug-likeness (QED) is 0.790. The molecule has 82 valence electrons. The first-order valence-corrected chi connectivity index (χ1v) is 5.60. The van der Waals surface area contributed by atoms with Crippen LogP contribution in [0, 0.1) is 0 Å². The van der Waals surface area contributed by atoms with Gasteiger partial charge in [-0.15, -0.1) is 6.58 Å². The molecule has 0 saturated carbocycles. The molecule has 3 nitrogen and oxygen atoms in total. The molecule has 1 rings (SSSR count). The Kier molecular flexibility index (Phi) is 3.85. The van der Waals surface area contributed by atoms with Crippen LogP contribution in [0.1, 0.15) is 20.8 Å². The van der Waals surface area contributed by atoms with E-state index in [-0.39, 0.29) is 5.54 Å². The lowest BCUT2D eigenvalue weighted by atomic mass is 10.1. The summed E-state index contributed by atoms with van der Waals surface area (Å²) in [5.74, 6) is 0.727. The van der Waals surface area contributed by atoms with E-state index in [4.69, 9.17) is 0 Å². The molecule has 1 aromatic heterocycles. The van der Waals surface area contributed by atoms with Crippen LogP contribution >= 0.6 is 15.9 Å². The van der Waals surface area contributed by atoms with Gasteiger partial charge in [-0.05, 0) is 36.7 Å². The Morgan fingerprint density at radius 2 is 1.93 bits per heavy atom. The molecule has 15 heavy (non-hydrogen) atoms. The van der Waals surface area contributed by atoms with Crippen LogP contribution in [0.15, 0.2) is 29.5 Å². The summed E-state index contributed by atoms with van der Waals surface area (Å²) in [5.41, 5.74) is -0.0119. The van der Waals surface area contributed by atoms with Crippen molar-refractivity contribution < 1.29 is 0 Å². The van der Waals surface area contributed by atoms with Crippen molar-refractivity contribution in [3.05, 3.63) is 29.5 Å². The van der Waals surface area contributed by atoms with Gasteiger partial charge in [-0.2, -0.15) is 0 Å². The molecule has 0 fully saturated rings. The van der Waals surface area contributed by atoms with Gasteiger partial charge in [-0.1, -0.05) is 6.08 Å². The average Bonchev–Trinajstić information content (AvgIpc) is 2.14. The van der Waals surface area contributed by atoms with Crippen molar-refractivity contribution in [1.82, 2.24) is 9.97 Å². The summed E-state index contributed by atoms with van der Waals surface area (Å²) in [6.07, 6.45) is 5.37. The van der Waals surface area contributed by atoms with Crippen LogP contribution in [-0.4, -0.2) is 22.1 Å². The van der Waals surface area contributed by atoms with Crippen LogP contribution in [0.5, 0.6) is 0 Å². The van der Waals surface area contributed by atoms with Crippen LogP contribution in [0.4, 0.5) is 5.95 Å². The van der Waals surface area contributed by atoms with Gasteiger partial charge in [-0.3, -0.25) is 0 Å². The topological polar surface area (TPSA) is 29.0 Å². The maximum atomic E-state index is 4.28. The van der Waals surface area contributed by atoms with Crippen molar-refractivity contribution in [2.45, 2.75) is 26.3 Å². The molecular formula is C11H16BrN3. The van der Waals surface area contributed by atoms with E-state index in [2.05, 4.69) is 58.1 Å². The second-order valence-electron chi connectivity index (χ2n) is 4.27. The smallest absolute Gasteiger partial charge is 0.226 e. The van der Waals surface area contributed by atoms with Gasteiger partial charge < -0.3 is 4.90 Å². The highest BCUT2D eigenvalue weighted by Gasteiger charge is 2.22. The minimum Gasteiger partial charge on any atom is -0.332 e. The molecule has 0 aliphatic rings. The average molecular weight is 270 g/mol. The van der Waals surface area contributed by atoms with Crippen molar-refractivity contribution in [2.75, 3.05) is 11.4 Å². The van der Waals surface area contributed by atoms with Crippen LogP contribution in [0.3, 0.4) is 0 Å². The number of hydrogen-bond donors (Lipinski definition) is 0. The summed E-state index contributed by atoms with van der Waals surface area (Å²) in [6.45, 7) is 10.9. The molecule has 0 bridgehead atoms. The monoisotopic (exact) mass is 269 g/mol. The zero-order valence-electron chi connectivity index (χ0n) is 9.37. The van der Waals surface area contributed by atoms with Gasteiger partial charge in [0.2, 0.25) is 5.95 Å². The predicted molar refractivity (Wildman–Crippen MR) is 67.0 cm³/mol. The van der Waals surface area contributed by atoms with Crippen LogP contribution in [-0.2, 0) is 0 Å². The standard InChI is InChI=1S/C11H16BrN3/c1-5-6-15(11(2,3)4)10-13-7-9(12)8-14-10/h5,7-8H,1,6H2,2-4H3. The van der Waals surface area contributed by atoms with E-state index < -0.39 is 0 Å². The fourth-order valence-corrected chi connectivity index (χ4v) is 1.43. The van der Waals surface area contributed by atoms with Gasteiger partial charge in [0.1, 0.15) is 0 Å². The summed E-state index contributed by atoms with van der Waals surface area (Å²) < 4.78 is 0.888. The van der Waals surface area contributed by atoms with Crippen molar-refractivity contribution >= 4 is 21.9 Å². The summed E-state index contributed by atoms with van der Waals surface area (Å²) in [6, 6.07) is 0. The molecule has 0 amide bonds. The summed E-state index contributed by atoms with van der Waals surface area (Å²) in [5, 5.41) is 0. The zero-order chi connectivity index (χ0) is 11.5. The molecule has 0 aliphatic carbocycles. The molecule has 0 aliphatic heterocycles. The maximum Gasteiger partial charge on any atom is 0.226 e. The van der Waals surface area contributed by atoms with Crippen molar-refractivity contribution in [1.29, 1.82) is 0 Å². The first-order chi connectivity index (χ1) is 6.95. The van der Waals surface area contributed by atoms with E-state index in [0.29, 0.717) is 0 Å². The maximum absolute atomic E-state index is 4.28. The van der Waals surface area contributed by atoms with Crippen LogP contribution in [0.25, 0.3) is 0 Å². The summed E-state index contributed by atoms with van der Waals surface area (Å²) >= 11 is 3.32. The fourth-order valence-electron chi connectivity index (χ4n) is 1.23. The van der Waals surface area contributed by atoms with Gasteiger partial charge in [-0.25, -0.2) is 9.97 Å². The molecule has 4 heteroatoms. The van der Waals surface area contributed by atoms with Gasteiger partial charge in [0.15, 0.2) is 0 Å². The first-order valence-electron chi connectivity index (χ1n) is 4.81. The molecule has 1 heterocycles. The summed E-state index contributed by atoms with van der Waals surface area (Å²) in [4.78, 5) is 10.7. The van der Waals surface area contributed by atoms with E-state index in [0.717, 1.165) is 17.0 Å². The molecule has 0 aromatic carbocycles. The Bertz CT molecular complexity index is 327. The number of hydrogen-bond acceptors (Lipinski definition) is 3. The molecule has 0 N–H and O–H groups in total. The normalized spacial score (nSPS) is 11.2. The van der Waals surface area contributed by atoms with Crippen molar-refractivity contribution in [3.63, 3.8) is 0 Å². The van der Waals surface area contributed by atoms with Gasteiger partial charge >= 0.3 is 0 Å². The first kappa shape index (κ1) is 12.2. The van der Waals surface area contributed by atoms with Crippen molar-refractivity contribution in [3.8, 4) is 0 Å². The SMILES string of the molecule is C=CCN(c1ncc(Br)cn1)C(C)(C)C. The Morgan fingerprint density at radius 3 is 2.33 bits per heavy atom. The second-order valence-corrected chi connectivity index (χ2v) is 5.19. The molecule has 0 unspecified atom stereocenters. The number of anilines is 1. The largest absolute Gasteiger partial charge is 0.332 e. The third-order valence-corrected chi connectivity index (χ3v) is 2.38. The Hall–Kier alpha value is -0.900. The Labute approximate surface area is 99.4 Å². The molecule has 0 atom stereocenters. The van der Waals surface area contributed by atoms with E-state index >= 15 is 0 Å². The highest BCUT2D eigenvalue weighted by molar-refractivity contribution is 9.10. The lowest BCUT2D eigenvalue weighted by Crippen LogP contribution is -2.42. The van der Waals surface area contributed by atoms with E-state index in [9.17, 15) is 0 Å². The van der Waals surface area contributed by atoms with E-state index in [1.54, 1.807) is 12.4 Å². The molecular weight excluding hydrogens is 254 g/mol. The molecule has 1 aromatic rings. The highest BCUT2D eigenvalue weighted by atomic mass is 79.9. The zero-order valence-corrected chi connectivity index (χ0v) is 11.0. The lowest BCUT2D eigenvalue weighted by molar-refractivity contribution is 0.511. The lowest BCUT2D eigenvalue weighted by Gasteiger charge is -2.34. The van der Waals surface area contributed by atoms with Gasteiger partial charge in [0.05, 0.1) is 4.47 Å². The Balaban J connectivity index is 2.99. The second kappa shape index (κ2) is 4.75. The number of aromatic nitrogens is 2. The van der Waals surface area contributed by atoms with E-state index in [1.807, 2.05) is 6.08 Å². The number of nitrogens with zero attached hydrogens (tertiary/aromatic N) is 3. The van der Waals surface area contributed by atoms with Crippen molar-refractivity contribution in [2.24, 2.45) is 0 Å². The van der Waals surface area contributed by atoms with Gasteiger partial charge in [0.25, 0.3) is 0 Å². The predicted octanol–water partition coefficient (Wildman–Crippen LogP) is 3.03. The molecule has 0 radical (unpaired) electrons. The van der Waals surface area contributed by atoms with Crippen LogP contribution < -0.4 is 4.90 Å².